The minimum absolute atomic E-state index is 0.0245. The molecular formula is C18H23FN4OS2. The number of anilines is 1. The van der Waals surface area contributed by atoms with Crippen molar-refractivity contribution in [3.8, 4) is 0 Å². The summed E-state index contributed by atoms with van der Waals surface area (Å²) >= 11 is 2.86. The first-order chi connectivity index (χ1) is 12.7. The molecule has 0 atom stereocenters. The van der Waals surface area contributed by atoms with Crippen LogP contribution in [0.25, 0.3) is 0 Å². The summed E-state index contributed by atoms with van der Waals surface area (Å²) in [6, 6.07) is 6.89. The van der Waals surface area contributed by atoms with Crippen LogP contribution in [0.1, 0.15) is 38.2 Å². The lowest BCUT2D eigenvalue weighted by molar-refractivity contribution is -0.129. The van der Waals surface area contributed by atoms with Crippen molar-refractivity contribution in [1.29, 1.82) is 0 Å². The zero-order valence-electron chi connectivity index (χ0n) is 14.8. The van der Waals surface area contributed by atoms with Crippen LogP contribution in [0.5, 0.6) is 0 Å². The second kappa shape index (κ2) is 9.32. The molecule has 1 aromatic heterocycles. The summed E-state index contributed by atoms with van der Waals surface area (Å²) in [6.45, 7) is 3.35. The number of carbonyl (C=O) groups is 1. The van der Waals surface area contributed by atoms with Crippen molar-refractivity contribution in [2.24, 2.45) is 0 Å². The highest BCUT2D eigenvalue weighted by Gasteiger charge is 2.33. The number of unbranched alkanes of at least 4 members (excludes halogenated alkanes) is 1. The maximum atomic E-state index is 13.9. The summed E-state index contributed by atoms with van der Waals surface area (Å²) in [5.41, 5.74) is 0.566. The number of nitrogens with one attached hydrogen (secondary N) is 1. The van der Waals surface area contributed by atoms with Gasteiger partial charge in [0.05, 0.1) is 5.75 Å². The summed E-state index contributed by atoms with van der Waals surface area (Å²) in [5.74, 6) is 0.0659. The Labute approximate surface area is 161 Å². The van der Waals surface area contributed by atoms with Gasteiger partial charge in [-0.2, -0.15) is 0 Å². The second-order valence-corrected chi connectivity index (χ2v) is 8.49. The van der Waals surface area contributed by atoms with Gasteiger partial charge in [0.1, 0.15) is 5.82 Å². The molecule has 8 heteroatoms. The number of thioether (sulfide) groups is 1. The smallest absolute Gasteiger partial charge is 0.233 e. The lowest BCUT2D eigenvalue weighted by atomic mass is 10.2. The Morgan fingerprint density at radius 1 is 1.38 bits per heavy atom. The van der Waals surface area contributed by atoms with E-state index in [0.717, 1.165) is 41.7 Å². The molecule has 1 N–H and O–H groups in total. The molecule has 5 nitrogen and oxygen atoms in total. The van der Waals surface area contributed by atoms with Gasteiger partial charge in [-0.3, -0.25) is 4.79 Å². The molecular weight excluding hydrogens is 371 g/mol. The highest BCUT2D eigenvalue weighted by molar-refractivity contribution is 8.01. The normalized spacial score (nSPS) is 13.6. The first kappa shape index (κ1) is 19.1. The minimum atomic E-state index is -0.259. The molecule has 140 valence electrons. The van der Waals surface area contributed by atoms with Gasteiger partial charge in [0.15, 0.2) is 4.34 Å². The summed E-state index contributed by atoms with van der Waals surface area (Å²) in [4.78, 5) is 14.5. The van der Waals surface area contributed by atoms with Gasteiger partial charge in [-0.05, 0) is 25.3 Å². The molecule has 1 saturated carbocycles. The van der Waals surface area contributed by atoms with E-state index in [0.29, 0.717) is 17.9 Å². The van der Waals surface area contributed by atoms with E-state index in [2.05, 4.69) is 22.4 Å². The number of hydrogen-bond donors (Lipinski definition) is 1. The van der Waals surface area contributed by atoms with Crippen LogP contribution in [0, 0.1) is 5.82 Å². The van der Waals surface area contributed by atoms with Gasteiger partial charge >= 0.3 is 0 Å². The van der Waals surface area contributed by atoms with Gasteiger partial charge in [-0.1, -0.05) is 54.6 Å². The molecule has 0 radical (unpaired) electrons. The monoisotopic (exact) mass is 394 g/mol. The van der Waals surface area contributed by atoms with Crippen LogP contribution in [-0.2, 0) is 11.3 Å². The van der Waals surface area contributed by atoms with Crippen LogP contribution in [-0.4, -0.2) is 39.3 Å². The van der Waals surface area contributed by atoms with Crippen molar-refractivity contribution < 1.29 is 9.18 Å². The predicted molar refractivity (Wildman–Crippen MR) is 104 cm³/mol. The number of hydrogen-bond acceptors (Lipinski definition) is 6. The Morgan fingerprint density at radius 2 is 2.19 bits per heavy atom. The van der Waals surface area contributed by atoms with Gasteiger partial charge in [0, 0.05) is 24.7 Å². The Morgan fingerprint density at radius 3 is 2.92 bits per heavy atom. The van der Waals surface area contributed by atoms with E-state index in [4.69, 9.17) is 0 Å². The van der Waals surface area contributed by atoms with Crippen LogP contribution in [0.3, 0.4) is 0 Å². The largest absolute Gasteiger partial charge is 0.360 e. The van der Waals surface area contributed by atoms with E-state index in [-0.39, 0.29) is 17.8 Å². The van der Waals surface area contributed by atoms with Crippen LogP contribution in [0.4, 0.5) is 9.52 Å². The molecule has 1 aliphatic rings. The SMILES string of the molecule is CCCCNc1nnc(SCC(=O)N(Cc2ccccc2F)C2CC2)s1. The van der Waals surface area contributed by atoms with E-state index in [9.17, 15) is 9.18 Å². The summed E-state index contributed by atoms with van der Waals surface area (Å²) in [6.07, 6.45) is 4.21. The molecule has 0 saturated heterocycles. The molecule has 1 fully saturated rings. The number of amides is 1. The van der Waals surface area contributed by atoms with Gasteiger partial charge in [-0.25, -0.2) is 4.39 Å². The molecule has 0 unspecified atom stereocenters. The first-order valence-corrected chi connectivity index (χ1v) is 10.7. The number of aromatic nitrogens is 2. The number of nitrogens with zero attached hydrogens (tertiary/aromatic N) is 3. The number of benzene rings is 1. The van der Waals surface area contributed by atoms with Crippen molar-refractivity contribution in [3.05, 3.63) is 35.6 Å². The van der Waals surface area contributed by atoms with Gasteiger partial charge in [-0.15, -0.1) is 10.2 Å². The van der Waals surface area contributed by atoms with Gasteiger partial charge < -0.3 is 10.2 Å². The van der Waals surface area contributed by atoms with Gasteiger partial charge in [0.2, 0.25) is 11.0 Å². The molecule has 3 rings (SSSR count). The molecule has 1 amide bonds. The highest BCUT2D eigenvalue weighted by atomic mass is 32.2. The number of halogens is 1. The molecule has 1 heterocycles. The quantitative estimate of drug-likeness (QED) is 0.484. The Bertz CT molecular complexity index is 735. The fourth-order valence-corrected chi connectivity index (χ4v) is 4.20. The second-order valence-electron chi connectivity index (χ2n) is 6.29. The van der Waals surface area contributed by atoms with Crippen molar-refractivity contribution in [2.75, 3.05) is 17.6 Å². The number of rotatable bonds is 10. The third-order valence-electron chi connectivity index (χ3n) is 4.14. The van der Waals surface area contributed by atoms with Crippen molar-refractivity contribution in [3.63, 3.8) is 0 Å². The molecule has 1 aliphatic carbocycles. The predicted octanol–water partition coefficient (Wildman–Crippen LogP) is 4.17. The summed E-state index contributed by atoms with van der Waals surface area (Å²) in [7, 11) is 0. The first-order valence-electron chi connectivity index (χ1n) is 8.90. The van der Waals surface area contributed by atoms with E-state index in [1.165, 1.54) is 29.2 Å². The van der Waals surface area contributed by atoms with E-state index >= 15 is 0 Å². The summed E-state index contributed by atoms with van der Waals surface area (Å²) < 4.78 is 14.7. The Balaban J connectivity index is 1.53. The fraction of sp³-hybridized carbons (Fsp3) is 0.500. The van der Waals surface area contributed by atoms with Crippen LogP contribution >= 0.6 is 23.1 Å². The summed E-state index contributed by atoms with van der Waals surface area (Å²) in [5, 5.41) is 12.3. The molecule has 0 aliphatic heterocycles. The fourth-order valence-electron chi connectivity index (χ4n) is 2.54. The lowest BCUT2D eigenvalue weighted by Gasteiger charge is -2.22. The molecule has 26 heavy (non-hydrogen) atoms. The molecule has 1 aromatic carbocycles. The number of carbonyl (C=O) groups excluding carboxylic acids is 1. The van der Waals surface area contributed by atoms with Crippen LogP contribution in [0.15, 0.2) is 28.6 Å². The van der Waals surface area contributed by atoms with E-state index < -0.39 is 0 Å². The maximum Gasteiger partial charge on any atom is 0.233 e. The zero-order valence-corrected chi connectivity index (χ0v) is 16.4. The molecule has 0 bridgehead atoms. The maximum absolute atomic E-state index is 13.9. The average Bonchev–Trinajstić information content (AvgIpc) is 3.38. The standard InChI is InChI=1S/C18H23FN4OS2/c1-2-3-10-20-17-21-22-18(26-17)25-12-16(24)23(14-8-9-14)11-13-6-4-5-7-15(13)19/h4-7,14H,2-3,8-12H2,1H3,(H,20,21). The topological polar surface area (TPSA) is 58.1 Å². The zero-order chi connectivity index (χ0) is 18.4. The molecule has 0 spiro atoms. The average molecular weight is 395 g/mol. The Hall–Kier alpha value is -1.67. The van der Waals surface area contributed by atoms with Crippen molar-refractivity contribution >= 4 is 34.1 Å². The van der Waals surface area contributed by atoms with Crippen LogP contribution < -0.4 is 5.32 Å². The minimum Gasteiger partial charge on any atom is -0.360 e. The highest BCUT2D eigenvalue weighted by Crippen LogP contribution is 2.31. The molecule has 2 aromatic rings. The van der Waals surface area contributed by atoms with Gasteiger partial charge in [0.25, 0.3) is 0 Å². The van der Waals surface area contributed by atoms with Crippen molar-refractivity contribution in [1.82, 2.24) is 15.1 Å². The third-order valence-corrected chi connectivity index (χ3v) is 6.14. The lowest BCUT2D eigenvalue weighted by Crippen LogP contribution is -2.34. The third kappa shape index (κ3) is 5.41. The van der Waals surface area contributed by atoms with Crippen molar-refractivity contribution in [2.45, 2.75) is 49.5 Å². The Kier molecular flexibility index (Phi) is 6.85. The van der Waals surface area contributed by atoms with E-state index in [1.54, 1.807) is 23.1 Å². The van der Waals surface area contributed by atoms with Crippen LogP contribution in [0.2, 0.25) is 0 Å². The van der Waals surface area contributed by atoms with E-state index in [1.807, 2.05) is 0 Å².